The van der Waals surface area contributed by atoms with E-state index in [1.54, 1.807) is 0 Å². The third-order valence-corrected chi connectivity index (χ3v) is 4.77. The highest BCUT2D eigenvalue weighted by molar-refractivity contribution is 5.70. The summed E-state index contributed by atoms with van der Waals surface area (Å²) in [6.07, 6.45) is 5.75. The van der Waals surface area contributed by atoms with Crippen LogP contribution in [0.3, 0.4) is 0 Å². The lowest BCUT2D eigenvalue weighted by Gasteiger charge is -2.34. The second-order valence-electron chi connectivity index (χ2n) is 6.33. The number of hydrogen-bond acceptors (Lipinski definition) is 8. The Labute approximate surface area is 140 Å². The highest BCUT2D eigenvalue weighted by Gasteiger charge is 2.30. The fourth-order valence-corrected chi connectivity index (χ4v) is 3.46. The van der Waals surface area contributed by atoms with Gasteiger partial charge in [0.1, 0.15) is 6.33 Å². The molecule has 1 aromatic heterocycles. The van der Waals surface area contributed by atoms with E-state index in [1.165, 1.54) is 6.33 Å². The Bertz CT molecular complexity index is 570. The van der Waals surface area contributed by atoms with Crippen molar-refractivity contribution in [2.45, 2.75) is 31.7 Å². The first kappa shape index (κ1) is 16.8. The molecule has 132 valence electrons. The van der Waals surface area contributed by atoms with Crippen LogP contribution in [0.2, 0.25) is 0 Å². The third-order valence-electron chi connectivity index (χ3n) is 4.77. The highest BCUT2D eigenvalue weighted by Crippen LogP contribution is 2.34. The zero-order valence-corrected chi connectivity index (χ0v) is 13.7. The molecule has 2 aliphatic rings. The number of rotatable bonds is 6. The molecule has 1 aliphatic heterocycles. The zero-order chi connectivity index (χ0) is 16.9. The first-order valence-corrected chi connectivity index (χ1v) is 8.53. The number of aliphatic hydroxyl groups excluding tert-OH is 1. The molecule has 2 heterocycles. The predicted molar refractivity (Wildman–Crippen MR) is 90.3 cm³/mol. The number of aromatic nitrogens is 2. The van der Waals surface area contributed by atoms with Crippen molar-refractivity contribution in [1.82, 2.24) is 14.9 Å². The van der Waals surface area contributed by atoms with Gasteiger partial charge >= 0.3 is 5.69 Å². The maximum atomic E-state index is 11.6. The quantitative estimate of drug-likeness (QED) is 0.581. The molecule has 2 N–H and O–H groups in total. The lowest BCUT2D eigenvalue weighted by atomic mass is 10.2. The SMILES string of the molecule is O=[N+]([O-])c1c(NC2CCCC2)ncnc1N1CCN(CCO)CC1. The van der Waals surface area contributed by atoms with Gasteiger partial charge in [0.05, 0.1) is 11.5 Å². The Morgan fingerprint density at radius 2 is 1.96 bits per heavy atom. The van der Waals surface area contributed by atoms with Crippen LogP contribution in [0.4, 0.5) is 17.3 Å². The Morgan fingerprint density at radius 1 is 1.25 bits per heavy atom. The maximum Gasteiger partial charge on any atom is 0.353 e. The molecule has 9 nitrogen and oxygen atoms in total. The van der Waals surface area contributed by atoms with Gasteiger partial charge in [0.2, 0.25) is 11.6 Å². The smallest absolute Gasteiger partial charge is 0.353 e. The molecule has 2 fully saturated rings. The minimum atomic E-state index is -0.382. The van der Waals surface area contributed by atoms with E-state index in [2.05, 4.69) is 20.2 Å². The Morgan fingerprint density at radius 3 is 2.58 bits per heavy atom. The molecule has 1 aliphatic carbocycles. The number of aliphatic hydroxyl groups is 1. The molecular formula is C15H24N6O3. The van der Waals surface area contributed by atoms with Crippen LogP contribution in [-0.4, -0.2) is 70.3 Å². The highest BCUT2D eigenvalue weighted by atomic mass is 16.6. The molecular weight excluding hydrogens is 312 g/mol. The average molecular weight is 336 g/mol. The topological polar surface area (TPSA) is 108 Å². The summed E-state index contributed by atoms with van der Waals surface area (Å²) in [7, 11) is 0. The predicted octanol–water partition coefficient (Wildman–Crippen LogP) is 0.854. The molecule has 0 atom stereocenters. The summed E-state index contributed by atoms with van der Waals surface area (Å²) in [5.41, 5.74) is -0.0278. The van der Waals surface area contributed by atoms with Crippen molar-refractivity contribution in [1.29, 1.82) is 0 Å². The number of nitrogens with zero attached hydrogens (tertiary/aromatic N) is 5. The first-order chi connectivity index (χ1) is 11.7. The summed E-state index contributed by atoms with van der Waals surface area (Å²) in [6.45, 7) is 3.58. The van der Waals surface area contributed by atoms with Gasteiger partial charge in [-0.15, -0.1) is 0 Å². The average Bonchev–Trinajstić information content (AvgIpc) is 3.08. The number of nitrogens with one attached hydrogen (secondary N) is 1. The van der Waals surface area contributed by atoms with Crippen LogP contribution in [0.1, 0.15) is 25.7 Å². The normalized spacial score (nSPS) is 19.6. The van der Waals surface area contributed by atoms with Crippen LogP contribution < -0.4 is 10.2 Å². The van der Waals surface area contributed by atoms with Gasteiger partial charge in [0.25, 0.3) is 0 Å². The van der Waals surface area contributed by atoms with E-state index >= 15 is 0 Å². The summed E-state index contributed by atoms with van der Waals surface area (Å²) >= 11 is 0. The van der Waals surface area contributed by atoms with Gasteiger partial charge in [0, 0.05) is 38.8 Å². The number of piperazine rings is 1. The van der Waals surface area contributed by atoms with Gasteiger partial charge in [-0.3, -0.25) is 15.0 Å². The van der Waals surface area contributed by atoms with Crippen LogP contribution in [0.15, 0.2) is 6.33 Å². The van der Waals surface area contributed by atoms with Gasteiger partial charge in [-0.1, -0.05) is 12.8 Å². The summed E-state index contributed by atoms with van der Waals surface area (Å²) in [5.74, 6) is 0.717. The molecule has 0 unspecified atom stereocenters. The minimum absolute atomic E-state index is 0.0278. The molecule has 24 heavy (non-hydrogen) atoms. The second-order valence-corrected chi connectivity index (χ2v) is 6.33. The van der Waals surface area contributed by atoms with Gasteiger partial charge in [-0.25, -0.2) is 9.97 Å². The third kappa shape index (κ3) is 3.73. The van der Waals surface area contributed by atoms with Crippen molar-refractivity contribution in [2.24, 2.45) is 0 Å². The van der Waals surface area contributed by atoms with E-state index in [0.717, 1.165) is 38.8 Å². The summed E-state index contributed by atoms with van der Waals surface area (Å²) in [6, 6.07) is 0.257. The summed E-state index contributed by atoms with van der Waals surface area (Å²) < 4.78 is 0. The van der Waals surface area contributed by atoms with Crippen LogP contribution >= 0.6 is 0 Å². The van der Waals surface area contributed by atoms with Crippen molar-refractivity contribution in [3.05, 3.63) is 16.4 Å². The van der Waals surface area contributed by atoms with Crippen molar-refractivity contribution in [2.75, 3.05) is 49.5 Å². The second kappa shape index (κ2) is 7.71. The molecule has 0 spiro atoms. The Hall–Kier alpha value is -2.00. The van der Waals surface area contributed by atoms with E-state index < -0.39 is 0 Å². The van der Waals surface area contributed by atoms with E-state index in [-0.39, 0.29) is 23.3 Å². The van der Waals surface area contributed by atoms with Crippen LogP contribution in [-0.2, 0) is 0 Å². The van der Waals surface area contributed by atoms with Crippen molar-refractivity contribution >= 4 is 17.3 Å². The van der Waals surface area contributed by atoms with Gasteiger partial charge < -0.3 is 15.3 Å². The zero-order valence-electron chi connectivity index (χ0n) is 13.7. The van der Waals surface area contributed by atoms with Crippen LogP contribution in [0.5, 0.6) is 0 Å². The first-order valence-electron chi connectivity index (χ1n) is 8.53. The number of nitro groups is 1. The standard InChI is InChI=1S/C15H24N6O3/c22-10-9-19-5-7-20(8-6-19)15-13(21(23)24)14(16-11-17-15)18-12-3-1-2-4-12/h11-12,22H,1-10H2,(H,16,17,18). The fourth-order valence-electron chi connectivity index (χ4n) is 3.46. The van der Waals surface area contributed by atoms with Crippen molar-refractivity contribution < 1.29 is 10.0 Å². The molecule has 0 aromatic carbocycles. The molecule has 0 amide bonds. The number of hydrogen-bond donors (Lipinski definition) is 2. The molecule has 1 saturated carbocycles. The minimum Gasteiger partial charge on any atom is -0.395 e. The van der Waals surface area contributed by atoms with Gasteiger partial charge in [0.15, 0.2) is 0 Å². The largest absolute Gasteiger partial charge is 0.395 e. The van der Waals surface area contributed by atoms with E-state index in [0.29, 0.717) is 31.3 Å². The molecule has 1 aromatic rings. The summed E-state index contributed by atoms with van der Waals surface area (Å²) in [5, 5.41) is 23.9. The Kier molecular flexibility index (Phi) is 5.41. The molecule has 3 rings (SSSR count). The maximum absolute atomic E-state index is 11.6. The molecule has 9 heteroatoms. The van der Waals surface area contributed by atoms with Gasteiger partial charge in [-0.2, -0.15) is 0 Å². The summed E-state index contributed by atoms with van der Waals surface area (Å²) in [4.78, 5) is 23.7. The van der Waals surface area contributed by atoms with Crippen molar-refractivity contribution in [3.63, 3.8) is 0 Å². The molecule has 0 bridgehead atoms. The van der Waals surface area contributed by atoms with Crippen LogP contribution in [0, 0.1) is 10.1 Å². The fraction of sp³-hybridized carbons (Fsp3) is 0.733. The lowest BCUT2D eigenvalue weighted by Crippen LogP contribution is -2.47. The van der Waals surface area contributed by atoms with Crippen molar-refractivity contribution in [3.8, 4) is 0 Å². The molecule has 0 radical (unpaired) electrons. The van der Waals surface area contributed by atoms with E-state index in [1.807, 2.05) is 4.90 Å². The van der Waals surface area contributed by atoms with Crippen LogP contribution in [0.25, 0.3) is 0 Å². The lowest BCUT2D eigenvalue weighted by molar-refractivity contribution is -0.383. The number of anilines is 2. The number of β-amino-alcohol motifs (C(OH)–C–C–N with tert-alkyl or cyclic N) is 1. The molecule has 1 saturated heterocycles. The van der Waals surface area contributed by atoms with E-state index in [4.69, 9.17) is 5.11 Å². The van der Waals surface area contributed by atoms with E-state index in [9.17, 15) is 10.1 Å². The monoisotopic (exact) mass is 336 g/mol. The van der Waals surface area contributed by atoms with Gasteiger partial charge in [-0.05, 0) is 12.8 Å². The Balaban J connectivity index is 1.78.